The van der Waals surface area contributed by atoms with Gasteiger partial charge >= 0.3 is 12.1 Å². The smallest absolute Gasteiger partial charge is 0.408 e. The van der Waals surface area contributed by atoms with Crippen LogP contribution in [0.2, 0.25) is 0 Å². The predicted octanol–water partition coefficient (Wildman–Crippen LogP) is 1.99. The molecule has 6 nitrogen and oxygen atoms in total. The second-order valence-corrected chi connectivity index (χ2v) is 6.63. The van der Waals surface area contributed by atoms with E-state index in [0.29, 0.717) is 12.3 Å². The number of ether oxygens (including phenoxy) is 2. The van der Waals surface area contributed by atoms with Crippen LogP contribution in [0, 0.1) is 5.92 Å². The van der Waals surface area contributed by atoms with Crippen LogP contribution in [0.15, 0.2) is 0 Å². The van der Waals surface area contributed by atoms with E-state index in [1.54, 1.807) is 20.8 Å². The molecular weight excluding hydrogens is 274 g/mol. The van der Waals surface area contributed by atoms with Crippen LogP contribution in [0.4, 0.5) is 4.79 Å². The summed E-state index contributed by atoms with van der Waals surface area (Å²) in [5.74, 6) is -0.167. The Kier molecular flexibility index (Phi) is 6.45. The molecule has 1 saturated carbocycles. The Labute approximate surface area is 126 Å². The van der Waals surface area contributed by atoms with Crippen molar-refractivity contribution in [2.45, 2.75) is 70.6 Å². The molecule has 0 unspecified atom stereocenters. The molecule has 0 aromatic rings. The van der Waals surface area contributed by atoms with Crippen LogP contribution in [0.1, 0.15) is 52.9 Å². The van der Waals surface area contributed by atoms with E-state index in [0.717, 1.165) is 25.7 Å². The third-order valence-corrected chi connectivity index (χ3v) is 3.56. The van der Waals surface area contributed by atoms with Gasteiger partial charge in [0.25, 0.3) is 0 Å². The molecule has 0 radical (unpaired) electrons. The minimum absolute atomic E-state index is 0.239. The molecule has 122 valence electrons. The van der Waals surface area contributed by atoms with Gasteiger partial charge in [-0.1, -0.05) is 0 Å². The fourth-order valence-electron chi connectivity index (χ4n) is 2.52. The average Bonchev–Trinajstić information content (AvgIpc) is 2.37. The highest BCUT2D eigenvalue weighted by atomic mass is 16.6. The maximum absolute atomic E-state index is 11.8. The Morgan fingerprint density at radius 3 is 2.29 bits per heavy atom. The molecule has 0 heterocycles. The second-order valence-electron chi connectivity index (χ2n) is 6.63. The van der Waals surface area contributed by atoms with E-state index in [1.807, 2.05) is 0 Å². The Bertz CT molecular complexity index is 356. The first-order valence-electron chi connectivity index (χ1n) is 7.46. The third kappa shape index (κ3) is 6.80. The molecule has 1 amide bonds. The van der Waals surface area contributed by atoms with Gasteiger partial charge < -0.3 is 19.9 Å². The van der Waals surface area contributed by atoms with Gasteiger partial charge in [-0.05, 0) is 58.8 Å². The van der Waals surface area contributed by atoms with Gasteiger partial charge in [0.05, 0.1) is 13.2 Å². The van der Waals surface area contributed by atoms with E-state index in [2.05, 4.69) is 5.32 Å². The van der Waals surface area contributed by atoms with E-state index in [9.17, 15) is 14.7 Å². The van der Waals surface area contributed by atoms with E-state index in [1.165, 1.54) is 7.11 Å². The van der Waals surface area contributed by atoms with Crippen molar-refractivity contribution in [1.29, 1.82) is 0 Å². The molecule has 21 heavy (non-hydrogen) atoms. The number of aliphatic hydroxyl groups is 1. The predicted molar refractivity (Wildman–Crippen MR) is 77.8 cm³/mol. The Morgan fingerprint density at radius 1 is 1.24 bits per heavy atom. The maximum atomic E-state index is 11.8. The molecule has 1 fully saturated rings. The van der Waals surface area contributed by atoms with Crippen molar-refractivity contribution in [2.24, 2.45) is 5.92 Å². The van der Waals surface area contributed by atoms with Gasteiger partial charge in [-0.2, -0.15) is 0 Å². The summed E-state index contributed by atoms with van der Waals surface area (Å²) in [6.45, 7) is 5.30. The molecule has 1 rings (SSSR count). The quantitative estimate of drug-likeness (QED) is 0.776. The van der Waals surface area contributed by atoms with Crippen LogP contribution in [0.25, 0.3) is 0 Å². The molecule has 0 saturated heterocycles. The van der Waals surface area contributed by atoms with E-state index in [-0.39, 0.29) is 6.10 Å². The maximum Gasteiger partial charge on any atom is 0.408 e. The lowest BCUT2D eigenvalue weighted by molar-refractivity contribution is -0.143. The number of carbonyl (C=O) groups is 2. The zero-order valence-electron chi connectivity index (χ0n) is 13.3. The fourth-order valence-corrected chi connectivity index (χ4v) is 2.52. The Morgan fingerprint density at radius 2 is 1.81 bits per heavy atom. The number of alkyl carbamates (subject to hydrolysis) is 1. The van der Waals surface area contributed by atoms with Gasteiger partial charge in [-0.15, -0.1) is 0 Å². The summed E-state index contributed by atoms with van der Waals surface area (Å²) in [5, 5.41) is 12.1. The molecular formula is C15H27NO5. The number of nitrogens with one attached hydrogen (secondary N) is 1. The number of esters is 1. The largest absolute Gasteiger partial charge is 0.467 e. The van der Waals surface area contributed by atoms with Crippen LogP contribution in [-0.2, 0) is 14.3 Å². The third-order valence-electron chi connectivity index (χ3n) is 3.56. The lowest BCUT2D eigenvalue weighted by Gasteiger charge is -2.28. The summed E-state index contributed by atoms with van der Waals surface area (Å²) in [7, 11) is 1.30. The van der Waals surface area contributed by atoms with Crippen LogP contribution in [0.5, 0.6) is 0 Å². The summed E-state index contributed by atoms with van der Waals surface area (Å²) in [6.07, 6.45) is 2.84. The van der Waals surface area contributed by atoms with Crippen molar-refractivity contribution in [3.8, 4) is 0 Å². The van der Waals surface area contributed by atoms with Gasteiger partial charge in [-0.3, -0.25) is 0 Å². The van der Waals surface area contributed by atoms with Crippen LogP contribution >= 0.6 is 0 Å². The number of hydrogen-bond acceptors (Lipinski definition) is 5. The first-order valence-corrected chi connectivity index (χ1v) is 7.46. The minimum Gasteiger partial charge on any atom is -0.467 e. The Hall–Kier alpha value is -1.30. The SMILES string of the molecule is COC(=O)[C@H](CC1CCC(O)CC1)NC(=O)OC(C)(C)C. The van der Waals surface area contributed by atoms with Crippen LogP contribution < -0.4 is 5.32 Å². The highest BCUT2D eigenvalue weighted by Crippen LogP contribution is 2.28. The number of aliphatic hydroxyl groups excluding tert-OH is 1. The topological polar surface area (TPSA) is 84.9 Å². The van der Waals surface area contributed by atoms with Crippen molar-refractivity contribution < 1.29 is 24.2 Å². The molecule has 0 aliphatic heterocycles. The molecule has 0 aromatic carbocycles. The van der Waals surface area contributed by atoms with Gasteiger partial charge in [-0.25, -0.2) is 9.59 Å². The molecule has 1 aliphatic carbocycles. The van der Waals surface area contributed by atoms with Crippen molar-refractivity contribution in [3.05, 3.63) is 0 Å². The zero-order valence-corrected chi connectivity index (χ0v) is 13.3. The molecule has 1 atom stereocenters. The van der Waals surface area contributed by atoms with E-state index >= 15 is 0 Å². The first-order chi connectivity index (χ1) is 9.71. The number of carbonyl (C=O) groups excluding carboxylic acids is 2. The van der Waals surface area contributed by atoms with Gasteiger partial charge in [0.15, 0.2) is 0 Å². The van der Waals surface area contributed by atoms with E-state index in [4.69, 9.17) is 9.47 Å². The second kappa shape index (κ2) is 7.64. The number of hydrogen-bond donors (Lipinski definition) is 2. The summed E-state index contributed by atoms with van der Waals surface area (Å²) in [5.41, 5.74) is -0.611. The van der Waals surface area contributed by atoms with Crippen molar-refractivity contribution >= 4 is 12.1 Å². The van der Waals surface area contributed by atoms with Crippen molar-refractivity contribution in [2.75, 3.05) is 7.11 Å². The minimum atomic E-state index is -0.704. The molecule has 2 N–H and O–H groups in total. The van der Waals surface area contributed by atoms with Gasteiger partial charge in [0.2, 0.25) is 0 Å². The normalized spacial score (nSPS) is 24.0. The fraction of sp³-hybridized carbons (Fsp3) is 0.867. The highest BCUT2D eigenvalue weighted by molar-refractivity contribution is 5.81. The molecule has 0 aromatic heterocycles. The first kappa shape index (κ1) is 17.8. The van der Waals surface area contributed by atoms with Crippen molar-refractivity contribution in [3.63, 3.8) is 0 Å². The van der Waals surface area contributed by atoms with Crippen LogP contribution in [-0.4, -0.2) is 42.0 Å². The van der Waals surface area contributed by atoms with Crippen molar-refractivity contribution in [1.82, 2.24) is 5.32 Å². The standard InChI is InChI=1S/C15H27NO5/c1-15(2,3)21-14(19)16-12(13(18)20-4)9-10-5-7-11(17)8-6-10/h10-12,17H,5-9H2,1-4H3,(H,16,19)/t10?,11?,12-/m0/s1. The molecule has 0 spiro atoms. The molecule has 1 aliphatic rings. The van der Waals surface area contributed by atoms with Gasteiger partial charge in [0, 0.05) is 0 Å². The van der Waals surface area contributed by atoms with Gasteiger partial charge in [0.1, 0.15) is 11.6 Å². The van der Waals surface area contributed by atoms with Crippen LogP contribution in [0.3, 0.4) is 0 Å². The summed E-state index contributed by atoms with van der Waals surface area (Å²) < 4.78 is 9.92. The summed E-state index contributed by atoms with van der Waals surface area (Å²) >= 11 is 0. The zero-order chi connectivity index (χ0) is 16.0. The number of methoxy groups -OCH3 is 1. The summed E-state index contributed by atoms with van der Waals surface area (Å²) in [6, 6.07) is -0.704. The highest BCUT2D eigenvalue weighted by Gasteiger charge is 2.29. The number of rotatable bonds is 4. The number of amides is 1. The lowest BCUT2D eigenvalue weighted by Crippen LogP contribution is -2.45. The summed E-state index contributed by atoms with van der Waals surface area (Å²) in [4.78, 5) is 23.6. The Balaban J connectivity index is 2.55. The monoisotopic (exact) mass is 301 g/mol. The molecule has 0 bridgehead atoms. The average molecular weight is 301 g/mol. The van der Waals surface area contributed by atoms with E-state index < -0.39 is 23.7 Å². The lowest BCUT2D eigenvalue weighted by atomic mass is 9.83. The molecule has 6 heteroatoms.